The second-order valence-electron chi connectivity index (χ2n) is 5.56. The van der Waals surface area contributed by atoms with Crippen molar-refractivity contribution in [1.29, 1.82) is 0 Å². The van der Waals surface area contributed by atoms with Gasteiger partial charge in [-0.1, -0.05) is 0 Å². The zero-order chi connectivity index (χ0) is 13.5. The highest BCUT2D eigenvalue weighted by Crippen LogP contribution is 2.38. The van der Waals surface area contributed by atoms with Gasteiger partial charge in [-0.3, -0.25) is 0 Å². The minimum atomic E-state index is -3.42. The summed E-state index contributed by atoms with van der Waals surface area (Å²) in [6.07, 6.45) is 5.22. The minimum Gasteiger partial charge on any atom is -0.336 e. The molecule has 3 heterocycles. The lowest BCUT2D eigenvalue weighted by Crippen LogP contribution is -2.33. The Morgan fingerprint density at radius 1 is 1.47 bits per heavy atom. The van der Waals surface area contributed by atoms with Crippen molar-refractivity contribution in [2.24, 2.45) is 5.41 Å². The van der Waals surface area contributed by atoms with Crippen molar-refractivity contribution in [3.05, 3.63) is 12.5 Å². The molecule has 1 aromatic rings. The third-order valence-electron chi connectivity index (χ3n) is 4.31. The summed E-state index contributed by atoms with van der Waals surface area (Å²) >= 11 is 0. The van der Waals surface area contributed by atoms with Crippen molar-refractivity contribution in [2.45, 2.75) is 31.3 Å². The number of imidazole rings is 1. The number of aryl methyl sites for hydroxylation is 1. The molecule has 6 nitrogen and oxygen atoms in total. The number of nitrogens with zero attached hydrogens (tertiary/aromatic N) is 3. The molecule has 1 aromatic heterocycles. The highest BCUT2D eigenvalue weighted by molar-refractivity contribution is 7.89. The van der Waals surface area contributed by atoms with E-state index in [0.717, 1.165) is 32.5 Å². The summed E-state index contributed by atoms with van der Waals surface area (Å²) in [6, 6.07) is 0. The number of hydrogen-bond donors (Lipinski definition) is 1. The first-order valence-corrected chi connectivity index (χ1v) is 8.22. The highest BCUT2D eigenvalue weighted by atomic mass is 32.2. The summed E-state index contributed by atoms with van der Waals surface area (Å²) in [6.45, 7) is 5.87. The molecule has 0 bridgehead atoms. The Morgan fingerprint density at radius 3 is 2.95 bits per heavy atom. The van der Waals surface area contributed by atoms with E-state index in [1.807, 2.05) is 6.92 Å². The van der Waals surface area contributed by atoms with E-state index in [0.29, 0.717) is 13.1 Å². The molecule has 1 N–H and O–H groups in total. The lowest BCUT2D eigenvalue weighted by molar-refractivity contribution is 0.337. The molecule has 2 saturated heterocycles. The second-order valence-corrected chi connectivity index (χ2v) is 7.44. The second kappa shape index (κ2) is 4.57. The molecule has 7 heteroatoms. The zero-order valence-electron chi connectivity index (χ0n) is 11.2. The van der Waals surface area contributed by atoms with Gasteiger partial charge in [-0.25, -0.2) is 13.4 Å². The molecule has 1 atom stereocenters. The van der Waals surface area contributed by atoms with Crippen LogP contribution in [0.15, 0.2) is 17.6 Å². The Bertz CT molecular complexity index is 560. The van der Waals surface area contributed by atoms with Crippen LogP contribution >= 0.6 is 0 Å². The van der Waals surface area contributed by atoms with Gasteiger partial charge in [-0.2, -0.15) is 4.31 Å². The molecule has 3 rings (SSSR count). The van der Waals surface area contributed by atoms with Crippen LogP contribution in [0.4, 0.5) is 0 Å². The van der Waals surface area contributed by atoms with Crippen LogP contribution in [0, 0.1) is 5.41 Å². The number of nitrogens with one attached hydrogen (secondary N) is 1. The number of aromatic nitrogens is 2. The van der Waals surface area contributed by atoms with Gasteiger partial charge in [0.25, 0.3) is 10.0 Å². The van der Waals surface area contributed by atoms with E-state index >= 15 is 0 Å². The molecule has 0 saturated carbocycles. The van der Waals surface area contributed by atoms with Crippen molar-refractivity contribution < 1.29 is 8.42 Å². The molecular weight excluding hydrogens is 264 g/mol. The SMILES string of the molecule is CCn1cnc(S(=O)(=O)N2CCC3(CCNC3)C2)c1. The molecule has 1 spiro atoms. The predicted octanol–water partition coefficient (Wildman–Crippen LogP) is 0.277. The maximum absolute atomic E-state index is 12.5. The molecule has 2 fully saturated rings. The fourth-order valence-corrected chi connectivity index (χ4v) is 4.51. The van der Waals surface area contributed by atoms with E-state index in [2.05, 4.69) is 10.3 Å². The van der Waals surface area contributed by atoms with Crippen molar-refractivity contribution in [3.63, 3.8) is 0 Å². The lowest BCUT2D eigenvalue weighted by atomic mass is 9.87. The Hall–Kier alpha value is -0.920. The van der Waals surface area contributed by atoms with Gasteiger partial charge in [0.1, 0.15) is 0 Å². The fourth-order valence-electron chi connectivity index (χ4n) is 3.02. The van der Waals surface area contributed by atoms with Crippen molar-refractivity contribution in [1.82, 2.24) is 19.2 Å². The molecule has 1 unspecified atom stereocenters. The minimum absolute atomic E-state index is 0.153. The first-order chi connectivity index (χ1) is 9.06. The Kier molecular flexibility index (Phi) is 3.15. The van der Waals surface area contributed by atoms with Crippen LogP contribution in [0.3, 0.4) is 0 Å². The predicted molar refractivity (Wildman–Crippen MR) is 71.2 cm³/mol. The van der Waals surface area contributed by atoms with Crippen molar-refractivity contribution in [3.8, 4) is 0 Å². The monoisotopic (exact) mass is 284 g/mol. The summed E-state index contributed by atoms with van der Waals surface area (Å²) < 4.78 is 28.5. The van der Waals surface area contributed by atoms with E-state index in [-0.39, 0.29) is 10.4 Å². The maximum atomic E-state index is 12.5. The van der Waals surface area contributed by atoms with Gasteiger partial charge in [0.2, 0.25) is 0 Å². The number of sulfonamides is 1. The smallest absolute Gasteiger partial charge is 0.262 e. The summed E-state index contributed by atoms with van der Waals surface area (Å²) in [7, 11) is -3.42. The van der Waals surface area contributed by atoms with E-state index in [9.17, 15) is 8.42 Å². The molecule has 0 radical (unpaired) electrons. The summed E-state index contributed by atoms with van der Waals surface area (Å²) in [5, 5.41) is 3.52. The molecule has 2 aliphatic heterocycles. The third kappa shape index (κ3) is 2.19. The topological polar surface area (TPSA) is 67.2 Å². The fraction of sp³-hybridized carbons (Fsp3) is 0.750. The van der Waals surface area contributed by atoms with E-state index < -0.39 is 10.0 Å². The average molecular weight is 284 g/mol. The Balaban J connectivity index is 1.81. The van der Waals surface area contributed by atoms with Crippen LogP contribution in [0.2, 0.25) is 0 Å². The van der Waals surface area contributed by atoms with Crippen LogP contribution in [-0.2, 0) is 16.6 Å². The maximum Gasteiger partial charge on any atom is 0.262 e. The highest BCUT2D eigenvalue weighted by Gasteiger charge is 2.44. The van der Waals surface area contributed by atoms with Crippen LogP contribution in [0.5, 0.6) is 0 Å². The Morgan fingerprint density at radius 2 is 2.32 bits per heavy atom. The van der Waals surface area contributed by atoms with Gasteiger partial charge in [0, 0.05) is 32.4 Å². The Labute approximate surface area is 113 Å². The molecule has 2 aliphatic rings. The average Bonchev–Trinajstić information content (AvgIpc) is 3.12. The quantitative estimate of drug-likeness (QED) is 0.865. The van der Waals surface area contributed by atoms with Gasteiger partial charge in [-0.15, -0.1) is 0 Å². The lowest BCUT2D eigenvalue weighted by Gasteiger charge is -2.22. The van der Waals surface area contributed by atoms with Crippen LogP contribution < -0.4 is 5.32 Å². The third-order valence-corrected chi connectivity index (χ3v) is 6.05. The first-order valence-electron chi connectivity index (χ1n) is 6.78. The van der Waals surface area contributed by atoms with Crippen LogP contribution in [-0.4, -0.2) is 48.5 Å². The van der Waals surface area contributed by atoms with Crippen LogP contribution in [0.25, 0.3) is 0 Å². The van der Waals surface area contributed by atoms with Gasteiger partial charge >= 0.3 is 0 Å². The summed E-state index contributed by atoms with van der Waals surface area (Å²) in [5.74, 6) is 0. The van der Waals surface area contributed by atoms with E-state index in [1.165, 1.54) is 0 Å². The zero-order valence-corrected chi connectivity index (χ0v) is 12.0. The summed E-state index contributed by atoms with van der Waals surface area (Å²) in [4.78, 5) is 4.04. The van der Waals surface area contributed by atoms with E-state index in [4.69, 9.17) is 0 Å². The first kappa shape index (κ1) is 13.1. The molecule has 19 heavy (non-hydrogen) atoms. The molecule has 0 aromatic carbocycles. The van der Waals surface area contributed by atoms with E-state index in [1.54, 1.807) is 21.4 Å². The number of hydrogen-bond acceptors (Lipinski definition) is 4. The van der Waals surface area contributed by atoms with Crippen LogP contribution in [0.1, 0.15) is 19.8 Å². The molecular formula is C12H20N4O2S. The summed E-state index contributed by atoms with van der Waals surface area (Å²) in [5.41, 5.74) is 0.153. The van der Waals surface area contributed by atoms with Gasteiger partial charge in [0.15, 0.2) is 5.03 Å². The van der Waals surface area contributed by atoms with Gasteiger partial charge in [0.05, 0.1) is 6.33 Å². The van der Waals surface area contributed by atoms with Crippen molar-refractivity contribution in [2.75, 3.05) is 26.2 Å². The normalized spacial score (nSPS) is 28.5. The number of rotatable bonds is 3. The largest absolute Gasteiger partial charge is 0.336 e. The molecule has 0 aliphatic carbocycles. The van der Waals surface area contributed by atoms with Crippen molar-refractivity contribution >= 4 is 10.0 Å². The van der Waals surface area contributed by atoms with Gasteiger partial charge < -0.3 is 9.88 Å². The standard InChI is InChI=1S/C12H20N4O2S/c1-2-15-7-11(14-10-15)19(17,18)16-6-4-12(9-16)3-5-13-8-12/h7,10,13H,2-6,8-9H2,1H3. The van der Waals surface area contributed by atoms with Gasteiger partial charge in [-0.05, 0) is 31.7 Å². The molecule has 0 amide bonds. The molecule has 106 valence electrons.